The Kier molecular flexibility index (Phi) is 5.71. The highest BCUT2D eigenvalue weighted by Gasteiger charge is 2.07. The molecule has 0 bridgehead atoms. The maximum atomic E-state index is 12.3. The molecule has 1 amide bonds. The smallest absolute Gasteiger partial charge is 0.271 e. The van der Waals surface area contributed by atoms with Crippen LogP contribution < -0.4 is 10.2 Å². The molecule has 0 aliphatic carbocycles. The van der Waals surface area contributed by atoms with Gasteiger partial charge in [-0.15, -0.1) is 0 Å². The molecular formula is C22H23N3O2. The first-order valence-electron chi connectivity index (χ1n) is 8.90. The third kappa shape index (κ3) is 4.26. The van der Waals surface area contributed by atoms with Crippen molar-refractivity contribution in [3.8, 4) is 11.4 Å². The highest BCUT2D eigenvalue weighted by Crippen LogP contribution is 2.17. The zero-order valence-electron chi connectivity index (χ0n) is 15.8. The van der Waals surface area contributed by atoms with Gasteiger partial charge < -0.3 is 9.30 Å². The molecule has 27 heavy (non-hydrogen) atoms. The molecule has 0 saturated heterocycles. The Morgan fingerprint density at radius 3 is 2.37 bits per heavy atom. The van der Waals surface area contributed by atoms with Crippen LogP contribution in [0.4, 0.5) is 0 Å². The molecule has 0 saturated carbocycles. The molecule has 5 heteroatoms. The van der Waals surface area contributed by atoms with Crippen LogP contribution in [0.15, 0.2) is 65.8 Å². The van der Waals surface area contributed by atoms with Gasteiger partial charge in [0.1, 0.15) is 5.75 Å². The van der Waals surface area contributed by atoms with Gasteiger partial charge in [-0.2, -0.15) is 5.10 Å². The highest BCUT2D eigenvalue weighted by atomic mass is 16.5. The van der Waals surface area contributed by atoms with Crippen molar-refractivity contribution < 1.29 is 9.53 Å². The summed E-state index contributed by atoms with van der Waals surface area (Å²) < 4.78 is 7.68. The minimum absolute atomic E-state index is 0.257. The summed E-state index contributed by atoms with van der Waals surface area (Å²) in [6, 6.07) is 19.2. The first-order valence-corrected chi connectivity index (χ1v) is 8.90. The molecule has 0 atom stereocenters. The number of amides is 1. The molecule has 138 valence electrons. The Morgan fingerprint density at radius 1 is 1.04 bits per heavy atom. The second-order valence-corrected chi connectivity index (χ2v) is 6.17. The fourth-order valence-electron chi connectivity index (χ4n) is 2.94. The number of nitrogens with one attached hydrogen (secondary N) is 1. The number of rotatable bonds is 6. The van der Waals surface area contributed by atoms with E-state index in [0.717, 1.165) is 28.4 Å². The van der Waals surface area contributed by atoms with Gasteiger partial charge in [0.25, 0.3) is 5.91 Å². The summed E-state index contributed by atoms with van der Waals surface area (Å²) in [7, 11) is 0. The van der Waals surface area contributed by atoms with Crippen molar-refractivity contribution in [3.63, 3.8) is 0 Å². The summed E-state index contributed by atoms with van der Waals surface area (Å²) in [5.74, 6) is 0.479. The van der Waals surface area contributed by atoms with Gasteiger partial charge in [-0.3, -0.25) is 4.79 Å². The van der Waals surface area contributed by atoms with Crippen molar-refractivity contribution in [2.24, 2.45) is 5.10 Å². The van der Waals surface area contributed by atoms with Gasteiger partial charge in [0.05, 0.1) is 12.8 Å². The zero-order valence-corrected chi connectivity index (χ0v) is 15.8. The topological polar surface area (TPSA) is 55.6 Å². The molecule has 0 fully saturated rings. The maximum absolute atomic E-state index is 12.3. The summed E-state index contributed by atoms with van der Waals surface area (Å²) in [6.07, 6.45) is 1.59. The van der Waals surface area contributed by atoms with Crippen molar-refractivity contribution in [3.05, 3.63) is 83.2 Å². The van der Waals surface area contributed by atoms with Crippen molar-refractivity contribution in [1.29, 1.82) is 0 Å². The summed E-state index contributed by atoms with van der Waals surface area (Å²) in [6.45, 7) is 6.62. The van der Waals surface area contributed by atoms with Crippen molar-refractivity contribution in [1.82, 2.24) is 9.99 Å². The second kappa shape index (κ2) is 8.36. The van der Waals surface area contributed by atoms with Gasteiger partial charge in [0.2, 0.25) is 0 Å². The van der Waals surface area contributed by atoms with Crippen LogP contribution in [0, 0.1) is 13.8 Å². The molecule has 0 aliphatic heterocycles. The van der Waals surface area contributed by atoms with Crippen molar-refractivity contribution in [2.45, 2.75) is 20.8 Å². The number of benzene rings is 2. The number of hydrogen-bond acceptors (Lipinski definition) is 3. The Balaban J connectivity index is 1.68. The van der Waals surface area contributed by atoms with Crippen LogP contribution in [0.2, 0.25) is 0 Å². The molecule has 0 aliphatic rings. The van der Waals surface area contributed by atoms with E-state index in [4.69, 9.17) is 4.74 Å². The number of para-hydroxylation sites is 1. The molecule has 5 nitrogen and oxygen atoms in total. The third-order valence-electron chi connectivity index (χ3n) is 4.25. The van der Waals surface area contributed by atoms with Crippen LogP contribution in [0.5, 0.6) is 5.75 Å². The number of hydrazone groups is 1. The quantitative estimate of drug-likeness (QED) is 0.527. The van der Waals surface area contributed by atoms with Gasteiger partial charge in [-0.05, 0) is 69.3 Å². The van der Waals surface area contributed by atoms with Gasteiger partial charge in [0, 0.05) is 28.2 Å². The number of aryl methyl sites for hydroxylation is 2. The normalized spacial score (nSPS) is 10.9. The first kappa shape index (κ1) is 18.5. The van der Waals surface area contributed by atoms with Crippen LogP contribution in [-0.4, -0.2) is 23.3 Å². The monoisotopic (exact) mass is 361 g/mol. The van der Waals surface area contributed by atoms with Crippen LogP contribution in [0.25, 0.3) is 5.69 Å². The molecule has 1 heterocycles. The fraction of sp³-hybridized carbons (Fsp3) is 0.182. The number of ether oxygens (including phenoxy) is 1. The van der Waals surface area contributed by atoms with E-state index < -0.39 is 0 Å². The fourth-order valence-corrected chi connectivity index (χ4v) is 2.94. The van der Waals surface area contributed by atoms with E-state index in [9.17, 15) is 4.79 Å². The molecular weight excluding hydrogens is 338 g/mol. The van der Waals surface area contributed by atoms with Crippen LogP contribution in [0.3, 0.4) is 0 Å². The van der Waals surface area contributed by atoms with Gasteiger partial charge >= 0.3 is 0 Å². The minimum Gasteiger partial charge on any atom is -0.493 e. The minimum atomic E-state index is -0.257. The standard InChI is InChI=1S/C22H23N3O2/c1-4-27-21-8-6-5-7-19(21)15-23-24-22(26)18-11-13-20(14-12-18)25-16(2)9-10-17(25)3/h5-15H,4H2,1-3H3,(H,24,26). The van der Waals surface area contributed by atoms with E-state index in [0.29, 0.717) is 12.2 Å². The van der Waals surface area contributed by atoms with E-state index in [2.05, 4.69) is 41.1 Å². The first-order chi connectivity index (χ1) is 13.1. The summed E-state index contributed by atoms with van der Waals surface area (Å²) >= 11 is 0. The number of aromatic nitrogens is 1. The molecule has 1 aromatic heterocycles. The van der Waals surface area contributed by atoms with Crippen molar-refractivity contribution in [2.75, 3.05) is 6.61 Å². The summed E-state index contributed by atoms with van der Waals surface area (Å²) in [5, 5.41) is 4.05. The lowest BCUT2D eigenvalue weighted by molar-refractivity contribution is 0.0955. The Morgan fingerprint density at radius 2 is 1.70 bits per heavy atom. The van der Waals surface area contributed by atoms with Crippen LogP contribution in [-0.2, 0) is 0 Å². The Bertz CT molecular complexity index is 936. The van der Waals surface area contributed by atoms with E-state index in [1.807, 2.05) is 43.3 Å². The number of nitrogens with zero attached hydrogens (tertiary/aromatic N) is 2. The Labute approximate surface area is 159 Å². The zero-order chi connectivity index (χ0) is 19.2. The van der Waals surface area contributed by atoms with Crippen LogP contribution in [0.1, 0.15) is 34.2 Å². The summed E-state index contributed by atoms with van der Waals surface area (Å²) in [4.78, 5) is 12.3. The average Bonchev–Trinajstić information content (AvgIpc) is 3.02. The average molecular weight is 361 g/mol. The largest absolute Gasteiger partial charge is 0.493 e. The van der Waals surface area contributed by atoms with Crippen molar-refractivity contribution >= 4 is 12.1 Å². The molecule has 0 spiro atoms. The Hall–Kier alpha value is -3.34. The molecule has 3 aromatic rings. The number of carbonyl (C=O) groups excluding carboxylic acids is 1. The molecule has 0 radical (unpaired) electrons. The van der Waals surface area contributed by atoms with E-state index in [1.165, 1.54) is 0 Å². The lowest BCUT2D eigenvalue weighted by Crippen LogP contribution is -2.17. The van der Waals surface area contributed by atoms with Gasteiger partial charge in [0.15, 0.2) is 0 Å². The third-order valence-corrected chi connectivity index (χ3v) is 4.25. The SMILES string of the molecule is CCOc1ccccc1C=NNC(=O)c1ccc(-n2c(C)ccc2C)cc1. The lowest BCUT2D eigenvalue weighted by Gasteiger charge is -2.10. The predicted octanol–water partition coefficient (Wildman–Crippen LogP) is 4.26. The van der Waals surface area contributed by atoms with E-state index >= 15 is 0 Å². The van der Waals surface area contributed by atoms with E-state index in [1.54, 1.807) is 18.3 Å². The molecule has 0 unspecified atom stereocenters. The number of carbonyl (C=O) groups is 1. The highest BCUT2D eigenvalue weighted by molar-refractivity contribution is 5.95. The molecule has 3 rings (SSSR count). The van der Waals surface area contributed by atoms with E-state index in [-0.39, 0.29) is 5.91 Å². The van der Waals surface area contributed by atoms with Gasteiger partial charge in [-0.25, -0.2) is 5.43 Å². The summed E-state index contributed by atoms with van der Waals surface area (Å²) in [5.41, 5.74) is 7.27. The van der Waals surface area contributed by atoms with Gasteiger partial charge in [-0.1, -0.05) is 12.1 Å². The number of hydrogen-bond donors (Lipinski definition) is 1. The molecule has 2 aromatic carbocycles. The predicted molar refractivity (Wildman–Crippen MR) is 108 cm³/mol. The maximum Gasteiger partial charge on any atom is 0.271 e. The second-order valence-electron chi connectivity index (χ2n) is 6.17. The van der Waals surface area contributed by atoms with Crippen LogP contribution >= 0.6 is 0 Å². The molecule has 1 N–H and O–H groups in total. The lowest BCUT2D eigenvalue weighted by atomic mass is 10.2.